The second-order valence-electron chi connectivity index (χ2n) is 3.52. The minimum Gasteiger partial charge on any atom is -0.340 e. The summed E-state index contributed by atoms with van der Waals surface area (Å²) < 4.78 is 0. The van der Waals surface area contributed by atoms with Crippen molar-refractivity contribution in [3.8, 4) is 0 Å². The molecule has 0 bridgehead atoms. The van der Waals surface area contributed by atoms with Crippen LogP contribution in [-0.4, -0.2) is 42.2 Å². The van der Waals surface area contributed by atoms with Gasteiger partial charge in [0.15, 0.2) is 0 Å². The Balaban J connectivity index is 2.21. The topological polar surface area (TPSA) is 32.3 Å². The average Bonchev–Trinajstić information content (AvgIpc) is 2.15. The molecule has 0 saturated carbocycles. The van der Waals surface area contributed by atoms with Gasteiger partial charge in [-0.1, -0.05) is 6.92 Å². The third-order valence-corrected chi connectivity index (χ3v) is 2.50. The second-order valence-corrected chi connectivity index (χ2v) is 4.40. The van der Waals surface area contributed by atoms with Crippen molar-refractivity contribution in [2.45, 2.75) is 25.0 Å². The van der Waals surface area contributed by atoms with Crippen LogP contribution in [-0.2, 0) is 4.79 Å². The zero-order chi connectivity index (χ0) is 9.68. The van der Waals surface area contributed by atoms with E-state index in [0.717, 1.165) is 32.6 Å². The molecule has 0 radical (unpaired) electrons. The van der Waals surface area contributed by atoms with Crippen molar-refractivity contribution in [1.82, 2.24) is 10.2 Å². The molecule has 0 aromatic rings. The number of hydrogen-bond acceptors (Lipinski definition) is 3. The molecule has 1 N–H and O–H groups in total. The summed E-state index contributed by atoms with van der Waals surface area (Å²) in [6, 6.07) is 0. The summed E-state index contributed by atoms with van der Waals surface area (Å²) >= 11 is 4.25. The third kappa shape index (κ3) is 4.00. The largest absolute Gasteiger partial charge is 0.340 e. The van der Waals surface area contributed by atoms with Gasteiger partial charge in [0, 0.05) is 32.6 Å². The van der Waals surface area contributed by atoms with E-state index >= 15 is 0 Å². The van der Waals surface area contributed by atoms with Crippen LogP contribution in [0, 0.1) is 0 Å². The number of carbonyl (C=O) groups is 1. The van der Waals surface area contributed by atoms with Gasteiger partial charge >= 0.3 is 0 Å². The fourth-order valence-corrected chi connectivity index (χ4v) is 1.53. The van der Waals surface area contributed by atoms with E-state index < -0.39 is 0 Å². The van der Waals surface area contributed by atoms with Gasteiger partial charge < -0.3 is 10.2 Å². The summed E-state index contributed by atoms with van der Waals surface area (Å²) in [6.45, 7) is 5.61. The van der Waals surface area contributed by atoms with E-state index in [1.54, 1.807) is 0 Å². The molecule has 1 amide bonds. The Bertz CT molecular complexity index is 167. The number of nitrogens with zero attached hydrogens (tertiary/aromatic N) is 1. The Kier molecular flexibility index (Phi) is 4.59. The highest BCUT2D eigenvalue weighted by atomic mass is 32.1. The zero-order valence-corrected chi connectivity index (χ0v) is 9.02. The molecule has 1 saturated heterocycles. The number of carbonyl (C=O) groups excluding carboxylic acids is 1. The SMILES string of the molecule is CC(S)CCC(=O)N1CCNCC1. The fraction of sp³-hybridized carbons (Fsp3) is 0.889. The lowest BCUT2D eigenvalue weighted by atomic mass is 10.2. The standard InChI is InChI=1S/C9H18N2OS/c1-8(13)2-3-9(12)11-6-4-10-5-7-11/h8,10,13H,2-7H2,1H3. The summed E-state index contributed by atoms with van der Waals surface area (Å²) in [5.74, 6) is 0.280. The van der Waals surface area contributed by atoms with Crippen LogP contribution in [0.25, 0.3) is 0 Å². The van der Waals surface area contributed by atoms with E-state index in [9.17, 15) is 4.79 Å². The summed E-state index contributed by atoms with van der Waals surface area (Å²) in [4.78, 5) is 13.5. The Morgan fingerprint density at radius 1 is 1.54 bits per heavy atom. The molecule has 1 fully saturated rings. The summed E-state index contributed by atoms with van der Waals surface area (Å²) in [5, 5.41) is 3.55. The molecule has 4 heteroatoms. The first-order valence-electron chi connectivity index (χ1n) is 4.86. The smallest absolute Gasteiger partial charge is 0.222 e. The van der Waals surface area contributed by atoms with Gasteiger partial charge in [0.2, 0.25) is 5.91 Å². The first-order valence-corrected chi connectivity index (χ1v) is 5.38. The van der Waals surface area contributed by atoms with Crippen molar-refractivity contribution in [3.63, 3.8) is 0 Å². The van der Waals surface area contributed by atoms with Crippen LogP contribution in [0.15, 0.2) is 0 Å². The number of piperazine rings is 1. The normalized spacial score (nSPS) is 20.0. The van der Waals surface area contributed by atoms with Gasteiger partial charge in [0.05, 0.1) is 0 Å². The first kappa shape index (κ1) is 10.9. The van der Waals surface area contributed by atoms with Crippen molar-refractivity contribution in [2.24, 2.45) is 0 Å². The molecule has 0 spiro atoms. The molecule has 1 rings (SSSR count). The molecule has 1 atom stereocenters. The minimum absolute atomic E-state index is 0.280. The molecular formula is C9H18N2OS. The van der Waals surface area contributed by atoms with Crippen LogP contribution >= 0.6 is 12.6 Å². The number of hydrogen-bond donors (Lipinski definition) is 2. The van der Waals surface area contributed by atoms with Crippen LogP contribution in [0.5, 0.6) is 0 Å². The zero-order valence-electron chi connectivity index (χ0n) is 8.12. The van der Waals surface area contributed by atoms with Crippen molar-refractivity contribution < 1.29 is 4.79 Å². The van der Waals surface area contributed by atoms with E-state index in [1.807, 2.05) is 11.8 Å². The molecule has 1 aliphatic rings. The summed E-state index contributed by atoms with van der Waals surface area (Å²) in [7, 11) is 0. The maximum absolute atomic E-state index is 11.6. The van der Waals surface area contributed by atoms with Gasteiger partial charge in [-0.2, -0.15) is 12.6 Å². The van der Waals surface area contributed by atoms with E-state index in [2.05, 4.69) is 17.9 Å². The van der Waals surface area contributed by atoms with Crippen LogP contribution in [0.1, 0.15) is 19.8 Å². The van der Waals surface area contributed by atoms with Gasteiger partial charge in [0.1, 0.15) is 0 Å². The molecule has 0 aliphatic carbocycles. The van der Waals surface area contributed by atoms with Crippen molar-refractivity contribution in [1.29, 1.82) is 0 Å². The predicted molar refractivity (Wildman–Crippen MR) is 57.1 cm³/mol. The average molecular weight is 202 g/mol. The van der Waals surface area contributed by atoms with E-state index in [0.29, 0.717) is 11.7 Å². The number of rotatable bonds is 3. The van der Waals surface area contributed by atoms with Crippen molar-refractivity contribution in [2.75, 3.05) is 26.2 Å². The molecule has 1 unspecified atom stereocenters. The molecule has 1 heterocycles. The lowest BCUT2D eigenvalue weighted by Gasteiger charge is -2.27. The Hall–Kier alpha value is -0.220. The minimum atomic E-state index is 0.280. The van der Waals surface area contributed by atoms with Crippen LogP contribution in [0.2, 0.25) is 0 Å². The van der Waals surface area contributed by atoms with Crippen molar-refractivity contribution >= 4 is 18.5 Å². The molecule has 3 nitrogen and oxygen atoms in total. The van der Waals surface area contributed by atoms with Crippen LogP contribution < -0.4 is 5.32 Å². The van der Waals surface area contributed by atoms with E-state index in [4.69, 9.17) is 0 Å². The summed E-state index contributed by atoms with van der Waals surface area (Å²) in [5.41, 5.74) is 0. The predicted octanol–water partition coefficient (Wildman–Crippen LogP) is 0.517. The van der Waals surface area contributed by atoms with Gasteiger partial charge in [-0.15, -0.1) is 0 Å². The quantitative estimate of drug-likeness (QED) is 0.654. The molecule has 13 heavy (non-hydrogen) atoms. The maximum Gasteiger partial charge on any atom is 0.222 e. The summed E-state index contributed by atoms with van der Waals surface area (Å²) in [6.07, 6.45) is 1.52. The number of nitrogens with one attached hydrogen (secondary N) is 1. The van der Waals surface area contributed by atoms with Gasteiger partial charge in [-0.05, 0) is 11.7 Å². The van der Waals surface area contributed by atoms with Crippen LogP contribution in [0.3, 0.4) is 0 Å². The fourth-order valence-electron chi connectivity index (χ4n) is 1.40. The van der Waals surface area contributed by atoms with E-state index in [1.165, 1.54) is 0 Å². The Labute approximate surface area is 85.3 Å². The van der Waals surface area contributed by atoms with Gasteiger partial charge in [-0.25, -0.2) is 0 Å². The molecular weight excluding hydrogens is 184 g/mol. The van der Waals surface area contributed by atoms with Crippen LogP contribution in [0.4, 0.5) is 0 Å². The van der Waals surface area contributed by atoms with Gasteiger partial charge in [0.25, 0.3) is 0 Å². The first-order chi connectivity index (χ1) is 6.20. The van der Waals surface area contributed by atoms with Gasteiger partial charge in [-0.3, -0.25) is 4.79 Å². The molecule has 0 aromatic carbocycles. The maximum atomic E-state index is 11.6. The Morgan fingerprint density at radius 3 is 2.69 bits per heavy atom. The lowest BCUT2D eigenvalue weighted by Crippen LogP contribution is -2.46. The highest BCUT2D eigenvalue weighted by Crippen LogP contribution is 2.06. The Morgan fingerprint density at radius 2 is 2.15 bits per heavy atom. The number of amides is 1. The lowest BCUT2D eigenvalue weighted by molar-refractivity contribution is -0.131. The molecule has 0 aromatic heterocycles. The van der Waals surface area contributed by atoms with E-state index in [-0.39, 0.29) is 5.91 Å². The highest BCUT2D eigenvalue weighted by Gasteiger charge is 2.15. The highest BCUT2D eigenvalue weighted by molar-refractivity contribution is 7.80. The molecule has 1 aliphatic heterocycles. The van der Waals surface area contributed by atoms with Crippen molar-refractivity contribution in [3.05, 3.63) is 0 Å². The molecule has 76 valence electrons. The third-order valence-electron chi connectivity index (χ3n) is 2.25. The monoisotopic (exact) mass is 202 g/mol. The second kappa shape index (κ2) is 5.50. The number of thiol groups is 1.